The fourth-order valence-electron chi connectivity index (χ4n) is 0.445. The van der Waals surface area contributed by atoms with Crippen LogP contribution in [0.25, 0.3) is 0 Å². The van der Waals surface area contributed by atoms with E-state index in [0.29, 0.717) is 17.2 Å². The molecule has 0 atom stereocenters. The maximum absolute atomic E-state index is 9.75. The standard InChI is InChI=1S/C5H5NO2S/c6-4-1-2-9-5(4)8-3-7/h1-3H,6H2. The number of rotatable bonds is 2. The fourth-order valence-corrected chi connectivity index (χ4v) is 1.08. The van der Waals surface area contributed by atoms with Crippen LogP contribution in [-0.2, 0) is 4.79 Å². The molecule has 1 rings (SSSR count). The van der Waals surface area contributed by atoms with Crippen molar-refractivity contribution < 1.29 is 9.53 Å². The maximum atomic E-state index is 9.75. The molecule has 0 unspecified atom stereocenters. The van der Waals surface area contributed by atoms with Crippen LogP contribution in [-0.4, -0.2) is 6.47 Å². The minimum absolute atomic E-state index is 0.363. The third-order valence-electron chi connectivity index (χ3n) is 0.814. The zero-order valence-corrected chi connectivity index (χ0v) is 5.35. The molecule has 1 heterocycles. The molecule has 0 aliphatic heterocycles. The number of hydrogen-bond acceptors (Lipinski definition) is 4. The summed E-state index contributed by atoms with van der Waals surface area (Å²) in [6, 6.07) is 1.68. The molecule has 3 nitrogen and oxygen atoms in total. The third-order valence-corrected chi connectivity index (χ3v) is 1.63. The molecule has 0 spiro atoms. The summed E-state index contributed by atoms with van der Waals surface area (Å²) in [6.45, 7) is 0.363. The van der Waals surface area contributed by atoms with Crippen LogP contribution in [0, 0.1) is 0 Å². The normalized spacial score (nSPS) is 8.89. The first-order chi connectivity index (χ1) is 4.34. The van der Waals surface area contributed by atoms with Crippen molar-refractivity contribution in [3.05, 3.63) is 11.4 Å². The molecule has 4 heteroatoms. The van der Waals surface area contributed by atoms with Crippen molar-refractivity contribution in [2.24, 2.45) is 0 Å². The van der Waals surface area contributed by atoms with Crippen LogP contribution in [0.4, 0.5) is 5.69 Å². The van der Waals surface area contributed by atoms with E-state index in [9.17, 15) is 4.79 Å². The second-order valence-corrected chi connectivity index (χ2v) is 2.26. The highest BCUT2D eigenvalue weighted by Crippen LogP contribution is 2.27. The van der Waals surface area contributed by atoms with Gasteiger partial charge in [0, 0.05) is 0 Å². The van der Waals surface area contributed by atoms with Gasteiger partial charge < -0.3 is 10.5 Å². The largest absolute Gasteiger partial charge is 0.415 e. The van der Waals surface area contributed by atoms with Gasteiger partial charge in [0.1, 0.15) is 0 Å². The second kappa shape index (κ2) is 2.50. The van der Waals surface area contributed by atoms with Gasteiger partial charge >= 0.3 is 0 Å². The van der Waals surface area contributed by atoms with E-state index in [0.717, 1.165) is 0 Å². The second-order valence-electron chi connectivity index (χ2n) is 1.38. The Hall–Kier alpha value is -1.03. The summed E-state index contributed by atoms with van der Waals surface area (Å²) in [5, 5.41) is 2.22. The molecule has 0 amide bonds. The van der Waals surface area contributed by atoms with Gasteiger partial charge in [0.25, 0.3) is 6.47 Å². The first kappa shape index (κ1) is 6.10. The Kier molecular flexibility index (Phi) is 1.69. The Balaban J connectivity index is 2.80. The van der Waals surface area contributed by atoms with Crippen LogP contribution in [0.1, 0.15) is 0 Å². The SMILES string of the molecule is Nc1ccsc1OC=O. The maximum Gasteiger partial charge on any atom is 0.299 e. The van der Waals surface area contributed by atoms with Gasteiger partial charge in [0.2, 0.25) is 5.06 Å². The Labute approximate surface area is 56.1 Å². The van der Waals surface area contributed by atoms with E-state index in [1.54, 1.807) is 11.4 Å². The quantitative estimate of drug-likeness (QED) is 0.625. The van der Waals surface area contributed by atoms with Crippen molar-refractivity contribution in [2.45, 2.75) is 0 Å². The minimum Gasteiger partial charge on any atom is -0.415 e. The predicted octanol–water partition coefficient (Wildman–Crippen LogP) is 0.866. The first-order valence-corrected chi connectivity index (χ1v) is 3.16. The molecule has 2 N–H and O–H groups in total. The van der Waals surface area contributed by atoms with Gasteiger partial charge in [-0.2, -0.15) is 0 Å². The fraction of sp³-hybridized carbons (Fsp3) is 0. The van der Waals surface area contributed by atoms with Crippen molar-refractivity contribution in [1.82, 2.24) is 0 Å². The number of thiophene rings is 1. The topological polar surface area (TPSA) is 52.3 Å². The highest BCUT2D eigenvalue weighted by Gasteiger charge is 1.97. The van der Waals surface area contributed by atoms with E-state index in [-0.39, 0.29) is 0 Å². The van der Waals surface area contributed by atoms with Gasteiger partial charge in [-0.1, -0.05) is 0 Å². The van der Waals surface area contributed by atoms with Crippen molar-refractivity contribution in [2.75, 3.05) is 5.73 Å². The summed E-state index contributed by atoms with van der Waals surface area (Å²) >= 11 is 1.30. The van der Waals surface area contributed by atoms with Crippen LogP contribution in [0.2, 0.25) is 0 Å². The molecule has 0 aliphatic rings. The number of ether oxygens (including phenoxy) is 1. The summed E-state index contributed by atoms with van der Waals surface area (Å²) < 4.78 is 4.49. The number of nitrogen functional groups attached to an aromatic ring is 1. The van der Waals surface area contributed by atoms with Crippen LogP contribution in [0.5, 0.6) is 5.06 Å². The zero-order chi connectivity index (χ0) is 6.69. The highest BCUT2D eigenvalue weighted by atomic mass is 32.1. The number of hydrogen-bond donors (Lipinski definition) is 1. The Morgan fingerprint density at radius 3 is 3.00 bits per heavy atom. The molecule has 0 saturated carbocycles. The number of carbonyl (C=O) groups excluding carboxylic acids is 1. The lowest BCUT2D eigenvalue weighted by atomic mass is 10.5. The van der Waals surface area contributed by atoms with E-state index in [1.807, 2.05) is 0 Å². The average molecular weight is 143 g/mol. The number of nitrogens with two attached hydrogens (primary N) is 1. The number of carbonyl (C=O) groups is 1. The molecule has 1 aromatic heterocycles. The average Bonchev–Trinajstić information content (AvgIpc) is 2.18. The molecule has 0 aliphatic carbocycles. The lowest BCUT2D eigenvalue weighted by Gasteiger charge is -1.90. The molecule has 0 fully saturated rings. The van der Waals surface area contributed by atoms with Crippen molar-refractivity contribution in [3.8, 4) is 5.06 Å². The molecule has 0 radical (unpaired) electrons. The van der Waals surface area contributed by atoms with Crippen LogP contribution in [0.15, 0.2) is 11.4 Å². The van der Waals surface area contributed by atoms with Crippen molar-refractivity contribution in [1.29, 1.82) is 0 Å². The highest BCUT2D eigenvalue weighted by molar-refractivity contribution is 7.12. The lowest BCUT2D eigenvalue weighted by Crippen LogP contribution is -1.89. The minimum atomic E-state index is 0.363. The summed E-state index contributed by atoms with van der Waals surface area (Å²) in [5.74, 6) is 0. The summed E-state index contributed by atoms with van der Waals surface area (Å²) in [4.78, 5) is 9.75. The molecule has 0 bridgehead atoms. The molecular weight excluding hydrogens is 138 g/mol. The Bertz CT molecular complexity index is 208. The van der Waals surface area contributed by atoms with Gasteiger partial charge in [0.15, 0.2) is 0 Å². The van der Waals surface area contributed by atoms with Gasteiger partial charge in [-0.15, -0.1) is 11.3 Å². The summed E-state index contributed by atoms with van der Waals surface area (Å²) in [7, 11) is 0. The van der Waals surface area contributed by atoms with Crippen LogP contribution < -0.4 is 10.5 Å². The van der Waals surface area contributed by atoms with E-state index in [1.165, 1.54) is 11.3 Å². The van der Waals surface area contributed by atoms with Gasteiger partial charge in [0.05, 0.1) is 5.69 Å². The van der Waals surface area contributed by atoms with Gasteiger partial charge in [-0.25, -0.2) is 0 Å². The molecule has 0 aromatic carbocycles. The summed E-state index contributed by atoms with van der Waals surface area (Å²) in [5.41, 5.74) is 5.86. The molecule has 48 valence electrons. The van der Waals surface area contributed by atoms with Gasteiger partial charge in [-0.3, -0.25) is 4.79 Å². The molecule has 1 aromatic rings. The van der Waals surface area contributed by atoms with E-state index in [4.69, 9.17) is 5.73 Å². The molecule has 9 heavy (non-hydrogen) atoms. The summed E-state index contributed by atoms with van der Waals surface area (Å²) in [6.07, 6.45) is 0. The third kappa shape index (κ3) is 1.20. The monoisotopic (exact) mass is 143 g/mol. The lowest BCUT2D eigenvalue weighted by molar-refractivity contribution is -0.120. The zero-order valence-electron chi connectivity index (χ0n) is 4.53. The van der Waals surface area contributed by atoms with E-state index < -0.39 is 0 Å². The van der Waals surface area contributed by atoms with E-state index >= 15 is 0 Å². The number of anilines is 1. The van der Waals surface area contributed by atoms with E-state index in [2.05, 4.69) is 4.74 Å². The Morgan fingerprint density at radius 2 is 2.56 bits per heavy atom. The van der Waals surface area contributed by atoms with Crippen molar-refractivity contribution in [3.63, 3.8) is 0 Å². The first-order valence-electron chi connectivity index (χ1n) is 2.28. The predicted molar refractivity (Wildman–Crippen MR) is 35.4 cm³/mol. The smallest absolute Gasteiger partial charge is 0.299 e. The molecular formula is C5H5NO2S. The Morgan fingerprint density at radius 1 is 1.78 bits per heavy atom. The van der Waals surface area contributed by atoms with Crippen LogP contribution in [0.3, 0.4) is 0 Å². The van der Waals surface area contributed by atoms with Crippen molar-refractivity contribution >= 4 is 23.5 Å². The molecule has 0 saturated heterocycles. The van der Waals surface area contributed by atoms with Crippen LogP contribution >= 0.6 is 11.3 Å². The van der Waals surface area contributed by atoms with Gasteiger partial charge in [-0.05, 0) is 11.4 Å².